The lowest BCUT2D eigenvalue weighted by atomic mass is 9.83. The Morgan fingerprint density at radius 3 is 2.31 bits per heavy atom. The van der Waals surface area contributed by atoms with Crippen LogP contribution in [0.2, 0.25) is 0 Å². The van der Waals surface area contributed by atoms with Crippen LogP contribution in [0.1, 0.15) is 58.8 Å². The van der Waals surface area contributed by atoms with Crippen LogP contribution in [-0.4, -0.2) is 11.6 Å². The molecule has 2 fully saturated rings. The quantitative estimate of drug-likeness (QED) is 0.655. The van der Waals surface area contributed by atoms with Crippen molar-refractivity contribution in [1.82, 2.24) is 5.32 Å². The summed E-state index contributed by atoms with van der Waals surface area (Å²) in [7, 11) is 0. The first-order chi connectivity index (χ1) is 6.17. The fourth-order valence-corrected chi connectivity index (χ4v) is 3.12. The van der Waals surface area contributed by atoms with Crippen molar-refractivity contribution in [2.24, 2.45) is 5.92 Å². The second-order valence-corrected chi connectivity index (χ2v) is 5.57. The molecule has 0 aromatic carbocycles. The molecular formula is C12H23N. The maximum atomic E-state index is 3.83. The van der Waals surface area contributed by atoms with Gasteiger partial charge in [-0.1, -0.05) is 19.3 Å². The van der Waals surface area contributed by atoms with Gasteiger partial charge in [-0.25, -0.2) is 0 Å². The molecule has 76 valence electrons. The van der Waals surface area contributed by atoms with Crippen molar-refractivity contribution in [3.8, 4) is 0 Å². The lowest BCUT2D eigenvalue weighted by Crippen LogP contribution is -2.51. The molecule has 1 saturated heterocycles. The van der Waals surface area contributed by atoms with Crippen molar-refractivity contribution < 1.29 is 0 Å². The van der Waals surface area contributed by atoms with Gasteiger partial charge in [0, 0.05) is 11.6 Å². The van der Waals surface area contributed by atoms with E-state index in [4.69, 9.17) is 0 Å². The molecule has 0 aromatic heterocycles. The van der Waals surface area contributed by atoms with Gasteiger partial charge in [-0.3, -0.25) is 0 Å². The minimum Gasteiger partial charge on any atom is -0.309 e. The van der Waals surface area contributed by atoms with Crippen molar-refractivity contribution in [2.75, 3.05) is 0 Å². The van der Waals surface area contributed by atoms with Crippen LogP contribution in [0.5, 0.6) is 0 Å². The fraction of sp³-hybridized carbons (Fsp3) is 1.00. The Labute approximate surface area is 82.3 Å². The van der Waals surface area contributed by atoms with Gasteiger partial charge in [0.15, 0.2) is 0 Å². The van der Waals surface area contributed by atoms with Crippen LogP contribution in [-0.2, 0) is 0 Å². The van der Waals surface area contributed by atoms with Gasteiger partial charge in [0.2, 0.25) is 0 Å². The maximum absolute atomic E-state index is 3.83. The van der Waals surface area contributed by atoms with Crippen LogP contribution in [0.25, 0.3) is 0 Å². The van der Waals surface area contributed by atoms with E-state index in [1.165, 1.54) is 44.9 Å². The summed E-state index contributed by atoms with van der Waals surface area (Å²) in [6.45, 7) is 4.71. The summed E-state index contributed by atoms with van der Waals surface area (Å²) in [6, 6.07) is 0.839. The highest BCUT2D eigenvalue weighted by atomic mass is 15.0. The van der Waals surface area contributed by atoms with Crippen LogP contribution in [0.4, 0.5) is 0 Å². The zero-order chi connectivity index (χ0) is 9.31. The van der Waals surface area contributed by atoms with Crippen LogP contribution < -0.4 is 5.32 Å². The molecule has 0 spiro atoms. The molecule has 1 saturated carbocycles. The summed E-state index contributed by atoms with van der Waals surface area (Å²) in [4.78, 5) is 0. The highest BCUT2D eigenvalue weighted by molar-refractivity contribution is 4.91. The van der Waals surface area contributed by atoms with E-state index in [1.54, 1.807) is 0 Å². The largest absolute Gasteiger partial charge is 0.309 e. The summed E-state index contributed by atoms with van der Waals surface area (Å²) in [6.07, 6.45) is 10.1. The zero-order valence-electron chi connectivity index (χ0n) is 9.10. The van der Waals surface area contributed by atoms with Crippen molar-refractivity contribution in [2.45, 2.75) is 70.4 Å². The molecule has 1 heterocycles. The van der Waals surface area contributed by atoms with E-state index < -0.39 is 0 Å². The Balaban J connectivity index is 1.91. The predicted molar refractivity (Wildman–Crippen MR) is 56.8 cm³/mol. The van der Waals surface area contributed by atoms with E-state index in [0.29, 0.717) is 5.54 Å². The zero-order valence-corrected chi connectivity index (χ0v) is 9.10. The number of hydrogen-bond acceptors (Lipinski definition) is 1. The molecule has 0 bridgehead atoms. The molecule has 1 N–H and O–H groups in total. The number of rotatable bonds is 1. The van der Waals surface area contributed by atoms with Gasteiger partial charge < -0.3 is 5.32 Å². The summed E-state index contributed by atoms with van der Waals surface area (Å²) in [5.74, 6) is 1.000. The fourth-order valence-electron chi connectivity index (χ4n) is 3.12. The second-order valence-electron chi connectivity index (χ2n) is 5.57. The van der Waals surface area contributed by atoms with Gasteiger partial charge >= 0.3 is 0 Å². The van der Waals surface area contributed by atoms with Crippen LogP contribution >= 0.6 is 0 Å². The first kappa shape index (κ1) is 9.51. The predicted octanol–water partition coefficient (Wildman–Crippen LogP) is 3.10. The minimum absolute atomic E-state index is 0.408. The molecule has 1 atom stereocenters. The third-order valence-corrected chi connectivity index (χ3v) is 3.86. The highest BCUT2D eigenvalue weighted by Crippen LogP contribution is 2.33. The second kappa shape index (κ2) is 3.61. The number of hydrogen-bond donors (Lipinski definition) is 1. The molecule has 0 radical (unpaired) electrons. The van der Waals surface area contributed by atoms with Crippen molar-refractivity contribution in [1.29, 1.82) is 0 Å². The number of piperidine rings is 1. The van der Waals surface area contributed by atoms with Gasteiger partial charge in [-0.2, -0.15) is 0 Å². The summed E-state index contributed by atoms with van der Waals surface area (Å²) in [5, 5.41) is 3.83. The lowest BCUT2D eigenvalue weighted by molar-refractivity contribution is 0.194. The van der Waals surface area contributed by atoms with Crippen LogP contribution in [0.3, 0.4) is 0 Å². The first-order valence-electron chi connectivity index (χ1n) is 5.95. The molecule has 1 aliphatic carbocycles. The van der Waals surface area contributed by atoms with E-state index in [9.17, 15) is 0 Å². The molecule has 0 amide bonds. The summed E-state index contributed by atoms with van der Waals surface area (Å²) in [5.41, 5.74) is 0.408. The lowest BCUT2D eigenvalue weighted by Gasteiger charge is -2.40. The van der Waals surface area contributed by atoms with Crippen molar-refractivity contribution in [3.63, 3.8) is 0 Å². The standard InChI is InChI=1S/C12H23N/c1-12(2)9-5-8-11(13-12)10-6-3-4-7-10/h10-11,13H,3-9H2,1-2H3. The molecule has 0 aromatic rings. The SMILES string of the molecule is CC1(C)CCCC(C2CCCC2)N1. The van der Waals surface area contributed by atoms with Crippen molar-refractivity contribution in [3.05, 3.63) is 0 Å². The normalized spacial score (nSPS) is 35.1. The van der Waals surface area contributed by atoms with Gasteiger partial charge in [-0.05, 0) is 45.4 Å². The summed E-state index contributed by atoms with van der Waals surface area (Å²) >= 11 is 0. The molecule has 1 heteroatoms. The molecule has 2 aliphatic rings. The average Bonchev–Trinajstić information content (AvgIpc) is 2.53. The van der Waals surface area contributed by atoms with Crippen molar-refractivity contribution >= 4 is 0 Å². The molecule has 1 nitrogen and oxygen atoms in total. The maximum Gasteiger partial charge on any atom is 0.0127 e. The van der Waals surface area contributed by atoms with E-state index in [2.05, 4.69) is 19.2 Å². The minimum atomic E-state index is 0.408. The molecular weight excluding hydrogens is 158 g/mol. The topological polar surface area (TPSA) is 12.0 Å². The monoisotopic (exact) mass is 181 g/mol. The van der Waals surface area contributed by atoms with Gasteiger partial charge in [0.1, 0.15) is 0 Å². The smallest absolute Gasteiger partial charge is 0.0127 e. The summed E-state index contributed by atoms with van der Waals surface area (Å²) < 4.78 is 0. The van der Waals surface area contributed by atoms with E-state index in [1.807, 2.05) is 0 Å². The Morgan fingerprint density at radius 1 is 1.00 bits per heavy atom. The highest BCUT2D eigenvalue weighted by Gasteiger charge is 2.32. The Kier molecular flexibility index (Phi) is 2.64. The Morgan fingerprint density at radius 2 is 1.69 bits per heavy atom. The van der Waals surface area contributed by atoms with E-state index >= 15 is 0 Å². The molecule has 1 aliphatic heterocycles. The van der Waals surface area contributed by atoms with Gasteiger partial charge in [-0.15, -0.1) is 0 Å². The Bertz CT molecular complexity index is 168. The molecule has 1 unspecified atom stereocenters. The number of nitrogens with one attached hydrogen (secondary N) is 1. The van der Waals surface area contributed by atoms with Crippen LogP contribution in [0.15, 0.2) is 0 Å². The van der Waals surface area contributed by atoms with E-state index in [-0.39, 0.29) is 0 Å². The first-order valence-corrected chi connectivity index (χ1v) is 5.95. The third-order valence-electron chi connectivity index (χ3n) is 3.86. The van der Waals surface area contributed by atoms with E-state index in [0.717, 1.165) is 12.0 Å². The van der Waals surface area contributed by atoms with Crippen LogP contribution in [0, 0.1) is 5.92 Å². The molecule has 13 heavy (non-hydrogen) atoms. The van der Waals surface area contributed by atoms with Gasteiger partial charge in [0.25, 0.3) is 0 Å². The van der Waals surface area contributed by atoms with Gasteiger partial charge in [0.05, 0.1) is 0 Å². The Hall–Kier alpha value is -0.0400. The molecule has 2 rings (SSSR count). The average molecular weight is 181 g/mol. The third kappa shape index (κ3) is 2.25.